The van der Waals surface area contributed by atoms with Gasteiger partial charge < -0.3 is 5.32 Å². The van der Waals surface area contributed by atoms with E-state index in [1.165, 1.54) is 6.07 Å². The first-order chi connectivity index (χ1) is 11.4. The summed E-state index contributed by atoms with van der Waals surface area (Å²) in [6, 6.07) is 4.79. The van der Waals surface area contributed by atoms with Crippen LogP contribution in [-0.4, -0.2) is 20.7 Å². The number of nitrogens with zero attached hydrogens (tertiary/aromatic N) is 3. The number of nitrogens with one attached hydrogen (secondary N) is 1. The van der Waals surface area contributed by atoms with E-state index in [0.717, 1.165) is 17.5 Å². The van der Waals surface area contributed by atoms with E-state index in [4.69, 9.17) is 0 Å². The lowest BCUT2D eigenvalue weighted by molar-refractivity contribution is 0.102. The number of rotatable bonds is 3. The maximum Gasteiger partial charge on any atom is 0.257 e. The normalized spacial score (nSPS) is 11.2. The number of benzene rings is 1. The van der Waals surface area contributed by atoms with Gasteiger partial charge in [0.05, 0.1) is 23.1 Å². The van der Waals surface area contributed by atoms with E-state index in [1.807, 2.05) is 13.8 Å². The molecule has 0 bridgehead atoms. The van der Waals surface area contributed by atoms with Crippen molar-refractivity contribution in [2.45, 2.75) is 26.8 Å². The van der Waals surface area contributed by atoms with Gasteiger partial charge in [0.2, 0.25) is 0 Å². The molecule has 1 aromatic carbocycles. The topological polar surface area (TPSA) is 59.8 Å². The first-order valence-electron chi connectivity index (χ1n) is 7.48. The minimum absolute atomic E-state index is 0.0845. The fraction of sp³-hybridized carbons (Fsp3) is 0.235. The molecule has 7 heteroatoms. The van der Waals surface area contributed by atoms with Gasteiger partial charge in [0.15, 0.2) is 5.65 Å². The molecule has 2 heterocycles. The second-order valence-corrected chi connectivity index (χ2v) is 5.80. The van der Waals surface area contributed by atoms with Crippen molar-refractivity contribution in [1.82, 2.24) is 14.8 Å². The van der Waals surface area contributed by atoms with Crippen molar-refractivity contribution in [3.05, 3.63) is 53.4 Å². The number of hydrogen-bond acceptors (Lipinski definition) is 3. The van der Waals surface area contributed by atoms with Gasteiger partial charge in [-0.2, -0.15) is 5.10 Å². The zero-order valence-corrected chi connectivity index (χ0v) is 13.5. The van der Waals surface area contributed by atoms with Crippen LogP contribution in [0.5, 0.6) is 0 Å². The van der Waals surface area contributed by atoms with E-state index < -0.39 is 17.5 Å². The van der Waals surface area contributed by atoms with E-state index in [9.17, 15) is 13.6 Å². The van der Waals surface area contributed by atoms with Gasteiger partial charge in [-0.25, -0.2) is 18.4 Å². The van der Waals surface area contributed by atoms with E-state index in [-0.39, 0.29) is 11.7 Å². The molecule has 0 fully saturated rings. The van der Waals surface area contributed by atoms with E-state index in [2.05, 4.69) is 15.4 Å². The molecular weight excluding hydrogens is 314 g/mol. The van der Waals surface area contributed by atoms with Crippen molar-refractivity contribution < 1.29 is 13.6 Å². The summed E-state index contributed by atoms with van der Waals surface area (Å²) in [7, 11) is 0. The molecule has 3 aromatic rings. The van der Waals surface area contributed by atoms with Crippen molar-refractivity contribution in [3.8, 4) is 0 Å². The van der Waals surface area contributed by atoms with Crippen LogP contribution in [0.3, 0.4) is 0 Å². The highest BCUT2D eigenvalue weighted by molar-refractivity contribution is 6.06. The Morgan fingerprint density at radius 2 is 2.00 bits per heavy atom. The third kappa shape index (κ3) is 2.84. The summed E-state index contributed by atoms with van der Waals surface area (Å²) in [5, 5.41) is 7.43. The van der Waals surface area contributed by atoms with Crippen molar-refractivity contribution in [2.24, 2.45) is 0 Å². The van der Waals surface area contributed by atoms with Crippen LogP contribution in [0.4, 0.5) is 14.5 Å². The highest BCUT2D eigenvalue weighted by Gasteiger charge is 2.16. The van der Waals surface area contributed by atoms with Gasteiger partial charge >= 0.3 is 0 Å². The minimum Gasteiger partial charge on any atom is -0.319 e. The Morgan fingerprint density at radius 1 is 1.25 bits per heavy atom. The Hall–Kier alpha value is -2.83. The molecule has 0 aliphatic carbocycles. The molecule has 0 aliphatic heterocycles. The van der Waals surface area contributed by atoms with Gasteiger partial charge in [0.1, 0.15) is 11.6 Å². The molecular formula is C17H16F2N4O. The number of anilines is 1. The summed E-state index contributed by atoms with van der Waals surface area (Å²) in [5.74, 6) is -2.04. The standard InChI is InChI=1S/C17H16F2N4O/c1-9(2)23-16-11(8-20-23)6-13(10(3)21-16)17(24)22-15-5-4-12(18)7-14(15)19/h4-9H,1-3H3,(H,22,24). The van der Waals surface area contributed by atoms with Crippen LogP contribution in [0.2, 0.25) is 0 Å². The average molecular weight is 330 g/mol. The number of aryl methyl sites for hydroxylation is 1. The second-order valence-electron chi connectivity index (χ2n) is 5.80. The average Bonchev–Trinajstić information content (AvgIpc) is 2.92. The number of aromatic nitrogens is 3. The maximum absolute atomic E-state index is 13.7. The van der Waals surface area contributed by atoms with Gasteiger partial charge in [-0.1, -0.05) is 0 Å². The van der Waals surface area contributed by atoms with Crippen molar-refractivity contribution >= 4 is 22.6 Å². The van der Waals surface area contributed by atoms with Crippen LogP contribution >= 0.6 is 0 Å². The Labute approximate surface area is 137 Å². The number of pyridine rings is 1. The smallest absolute Gasteiger partial charge is 0.257 e. The first kappa shape index (κ1) is 16.0. The van der Waals surface area contributed by atoms with Crippen molar-refractivity contribution in [2.75, 3.05) is 5.32 Å². The summed E-state index contributed by atoms with van der Waals surface area (Å²) in [6.45, 7) is 5.68. The number of fused-ring (bicyclic) bond motifs is 1. The molecule has 0 radical (unpaired) electrons. The molecule has 1 amide bonds. The fourth-order valence-corrected chi connectivity index (χ4v) is 2.45. The van der Waals surface area contributed by atoms with Crippen LogP contribution in [-0.2, 0) is 0 Å². The van der Waals surface area contributed by atoms with Crippen LogP contribution in [0, 0.1) is 18.6 Å². The van der Waals surface area contributed by atoms with Gasteiger partial charge in [-0.05, 0) is 39.0 Å². The Kier molecular flexibility index (Phi) is 4.01. The molecule has 24 heavy (non-hydrogen) atoms. The molecule has 0 unspecified atom stereocenters. The van der Waals surface area contributed by atoms with E-state index >= 15 is 0 Å². The lowest BCUT2D eigenvalue weighted by atomic mass is 10.1. The van der Waals surface area contributed by atoms with E-state index in [0.29, 0.717) is 16.9 Å². The number of carbonyl (C=O) groups is 1. The number of amides is 1. The Bertz CT molecular complexity index is 934. The highest BCUT2D eigenvalue weighted by atomic mass is 19.1. The lowest BCUT2D eigenvalue weighted by Gasteiger charge is -2.10. The summed E-state index contributed by atoms with van der Waals surface area (Å²) in [6.07, 6.45) is 1.64. The third-order valence-corrected chi connectivity index (χ3v) is 3.67. The molecule has 3 rings (SSSR count). The van der Waals surface area contributed by atoms with Gasteiger partial charge in [0.25, 0.3) is 5.91 Å². The lowest BCUT2D eigenvalue weighted by Crippen LogP contribution is -2.15. The minimum atomic E-state index is -0.831. The molecule has 0 saturated carbocycles. The van der Waals surface area contributed by atoms with Gasteiger partial charge in [0, 0.05) is 17.5 Å². The second kappa shape index (κ2) is 5.99. The molecule has 5 nitrogen and oxygen atoms in total. The summed E-state index contributed by atoms with van der Waals surface area (Å²) in [5.41, 5.74) is 1.42. The van der Waals surface area contributed by atoms with Crippen molar-refractivity contribution in [1.29, 1.82) is 0 Å². The van der Waals surface area contributed by atoms with Gasteiger partial charge in [-0.15, -0.1) is 0 Å². The predicted octanol–water partition coefficient (Wildman–Crippen LogP) is 3.85. The Morgan fingerprint density at radius 3 is 2.67 bits per heavy atom. The van der Waals surface area contributed by atoms with Crippen LogP contribution in [0.15, 0.2) is 30.5 Å². The molecule has 0 spiro atoms. The first-order valence-corrected chi connectivity index (χ1v) is 7.48. The van der Waals surface area contributed by atoms with Gasteiger partial charge in [-0.3, -0.25) is 4.79 Å². The zero-order chi connectivity index (χ0) is 17.4. The summed E-state index contributed by atoms with van der Waals surface area (Å²) < 4.78 is 28.4. The van der Waals surface area contributed by atoms with Crippen LogP contribution < -0.4 is 5.32 Å². The molecule has 2 aromatic heterocycles. The maximum atomic E-state index is 13.7. The number of halogens is 2. The predicted molar refractivity (Wildman–Crippen MR) is 87.0 cm³/mol. The molecule has 1 N–H and O–H groups in total. The molecule has 0 atom stereocenters. The molecule has 0 aliphatic rings. The highest BCUT2D eigenvalue weighted by Crippen LogP contribution is 2.21. The molecule has 0 saturated heterocycles. The number of hydrogen-bond donors (Lipinski definition) is 1. The summed E-state index contributed by atoms with van der Waals surface area (Å²) in [4.78, 5) is 16.9. The van der Waals surface area contributed by atoms with Crippen LogP contribution in [0.25, 0.3) is 11.0 Å². The quantitative estimate of drug-likeness (QED) is 0.793. The largest absolute Gasteiger partial charge is 0.319 e. The van der Waals surface area contributed by atoms with Crippen molar-refractivity contribution in [3.63, 3.8) is 0 Å². The van der Waals surface area contributed by atoms with E-state index in [1.54, 1.807) is 23.9 Å². The zero-order valence-electron chi connectivity index (χ0n) is 13.5. The fourth-order valence-electron chi connectivity index (χ4n) is 2.45. The SMILES string of the molecule is Cc1nc2c(cnn2C(C)C)cc1C(=O)Nc1ccc(F)cc1F. The Balaban J connectivity index is 1.96. The number of carbonyl (C=O) groups excluding carboxylic acids is 1. The summed E-state index contributed by atoms with van der Waals surface area (Å²) >= 11 is 0. The monoisotopic (exact) mass is 330 g/mol. The van der Waals surface area contributed by atoms with Crippen LogP contribution in [0.1, 0.15) is 35.9 Å². The molecule has 124 valence electrons. The third-order valence-electron chi connectivity index (χ3n) is 3.67.